The van der Waals surface area contributed by atoms with E-state index in [9.17, 15) is 0 Å². The third-order valence-electron chi connectivity index (χ3n) is 2.25. The lowest BCUT2D eigenvalue weighted by Gasteiger charge is -2.24. The molecule has 1 saturated carbocycles. The Bertz CT molecular complexity index is 287. The maximum absolute atomic E-state index is 8.75. The van der Waals surface area contributed by atoms with Gasteiger partial charge in [-0.3, -0.25) is 4.99 Å². The van der Waals surface area contributed by atoms with Crippen LogP contribution < -0.4 is 0 Å². The molecule has 0 atom stereocenters. The van der Waals surface area contributed by atoms with Crippen molar-refractivity contribution in [1.82, 2.24) is 0 Å². The highest BCUT2D eigenvalue weighted by atomic mass is 32.2. The SMILES string of the molecule is C=C(C#N)C(=NCC)SCSC1CCC1. The van der Waals surface area contributed by atoms with Gasteiger partial charge in [-0.15, -0.1) is 11.8 Å². The number of rotatable bonds is 5. The van der Waals surface area contributed by atoms with Gasteiger partial charge in [0, 0.05) is 16.9 Å². The summed E-state index contributed by atoms with van der Waals surface area (Å²) < 4.78 is 0. The third kappa shape index (κ3) is 4.31. The van der Waals surface area contributed by atoms with E-state index in [1.54, 1.807) is 11.8 Å². The average molecular weight is 240 g/mol. The second-order valence-corrected chi connectivity index (χ2v) is 5.97. The lowest BCUT2D eigenvalue weighted by molar-refractivity contribution is 0.523. The van der Waals surface area contributed by atoms with Crippen molar-refractivity contribution < 1.29 is 0 Å². The first-order chi connectivity index (χ1) is 7.27. The summed E-state index contributed by atoms with van der Waals surface area (Å²) in [5.74, 6) is 0. The number of aliphatic imine (C=N–C) groups is 1. The molecule has 0 radical (unpaired) electrons. The molecule has 1 rings (SSSR count). The van der Waals surface area contributed by atoms with Crippen LogP contribution in [0.2, 0.25) is 0 Å². The lowest BCUT2D eigenvalue weighted by Crippen LogP contribution is -2.13. The molecule has 0 heterocycles. The maximum Gasteiger partial charge on any atom is 0.108 e. The van der Waals surface area contributed by atoms with Gasteiger partial charge in [-0.2, -0.15) is 5.26 Å². The van der Waals surface area contributed by atoms with Crippen molar-refractivity contribution in [2.45, 2.75) is 31.4 Å². The van der Waals surface area contributed by atoms with Crippen molar-refractivity contribution in [3.8, 4) is 6.07 Å². The Balaban J connectivity index is 2.28. The van der Waals surface area contributed by atoms with E-state index in [-0.39, 0.29) is 0 Å². The third-order valence-corrected chi connectivity index (χ3v) is 4.85. The van der Waals surface area contributed by atoms with Crippen LogP contribution in [0.5, 0.6) is 0 Å². The van der Waals surface area contributed by atoms with Crippen LogP contribution in [0.1, 0.15) is 26.2 Å². The van der Waals surface area contributed by atoms with Crippen molar-refractivity contribution in [3.05, 3.63) is 12.2 Å². The molecule has 0 aromatic carbocycles. The summed E-state index contributed by atoms with van der Waals surface area (Å²) in [6.07, 6.45) is 4.08. The van der Waals surface area contributed by atoms with Gasteiger partial charge in [-0.05, 0) is 19.8 Å². The number of nitrogens with zero attached hydrogens (tertiary/aromatic N) is 2. The molecule has 0 unspecified atom stereocenters. The molecule has 2 nitrogen and oxygen atoms in total. The normalized spacial score (nSPS) is 16.9. The summed E-state index contributed by atoms with van der Waals surface area (Å²) in [5, 5.41) is 11.4. The summed E-state index contributed by atoms with van der Waals surface area (Å²) >= 11 is 3.62. The Morgan fingerprint density at radius 1 is 1.60 bits per heavy atom. The second kappa shape index (κ2) is 6.97. The fourth-order valence-electron chi connectivity index (χ4n) is 1.14. The van der Waals surface area contributed by atoms with E-state index in [1.165, 1.54) is 19.3 Å². The van der Waals surface area contributed by atoms with Crippen molar-refractivity contribution in [2.24, 2.45) is 4.99 Å². The monoisotopic (exact) mass is 240 g/mol. The average Bonchev–Trinajstić information content (AvgIpc) is 2.19. The maximum atomic E-state index is 8.75. The fourth-order valence-corrected chi connectivity index (χ4v) is 3.74. The van der Waals surface area contributed by atoms with Crippen LogP contribution in [-0.4, -0.2) is 21.9 Å². The van der Waals surface area contributed by atoms with E-state index in [0.29, 0.717) is 5.57 Å². The number of hydrogen-bond donors (Lipinski definition) is 0. The Hall–Kier alpha value is -0.400. The quantitative estimate of drug-likeness (QED) is 0.319. The zero-order chi connectivity index (χ0) is 11.1. The van der Waals surface area contributed by atoms with Gasteiger partial charge in [0.05, 0.1) is 5.57 Å². The molecule has 0 saturated heterocycles. The molecule has 0 amide bonds. The van der Waals surface area contributed by atoms with E-state index >= 15 is 0 Å². The molecule has 4 heteroatoms. The van der Waals surface area contributed by atoms with Crippen LogP contribution in [0.3, 0.4) is 0 Å². The highest BCUT2D eigenvalue weighted by Gasteiger charge is 2.17. The van der Waals surface area contributed by atoms with E-state index in [4.69, 9.17) is 5.26 Å². The Morgan fingerprint density at radius 2 is 2.33 bits per heavy atom. The molecule has 0 N–H and O–H groups in total. The van der Waals surface area contributed by atoms with Crippen LogP contribution in [0.15, 0.2) is 17.1 Å². The lowest BCUT2D eigenvalue weighted by atomic mass is 10.0. The molecule has 0 aromatic rings. The summed E-state index contributed by atoms with van der Waals surface area (Å²) in [6, 6.07) is 2.06. The molecule has 0 aliphatic heterocycles. The van der Waals surface area contributed by atoms with Crippen LogP contribution in [0, 0.1) is 11.3 Å². The zero-order valence-electron chi connectivity index (χ0n) is 9.03. The van der Waals surface area contributed by atoms with E-state index in [0.717, 1.165) is 21.9 Å². The van der Waals surface area contributed by atoms with Gasteiger partial charge in [0.15, 0.2) is 0 Å². The van der Waals surface area contributed by atoms with Crippen LogP contribution in [-0.2, 0) is 0 Å². The molecule has 1 aliphatic carbocycles. The number of thioether (sulfide) groups is 2. The van der Waals surface area contributed by atoms with Gasteiger partial charge in [-0.25, -0.2) is 0 Å². The predicted octanol–water partition coefficient (Wildman–Crippen LogP) is 3.46. The summed E-state index contributed by atoms with van der Waals surface area (Å²) in [4.78, 5) is 4.28. The minimum atomic E-state index is 0.496. The molecule has 82 valence electrons. The van der Waals surface area contributed by atoms with Gasteiger partial charge in [0.2, 0.25) is 0 Å². The molecule has 0 bridgehead atoms. The standard InChI is InChI=1S/C11H16N2S2/c1-3-13-11(9(2)7-12)15-8-14-10-5-4-6-10/h10H,2-6,8H2,1H3. The van der Waals surface area contributed by atoms with E-state index in [1.807, 2.05) is 18.7 Å². The zero-order valence-corrected chi connectivity index (χ0v) is 10.7. The molecule has 0 spiro atoms. The molecule has 1 aliphatic rings. The predicted molar refractivity (Wildman–Crippen MR) is 70.4 cm³/mol. The highest BCUT2D eigenvalue weighted by molar-refractivity contribution is 8.24. The van der Waals surface area contributed by atoms with Crippen LogP contribution in [0.4, 0.5) is 0 Å². The fraction of sp³-hybridized carbons (Fsp3) is 0.636. The Kier molecular flexibility index (Phi) is 5.89. The van der Waals surface area contributed by atoms with Gasteiger partial charge >= 0.3 is 0 Å². The van der Waals surface area contributed by atoms with Gasteiger partial charge in [-0.1, -0.05) is 24.8 Å². The molecule has 15 heavy (non-hydrogen) atoms. The van der Waals surface area contributed by atoms with Crippen molar-refractivity contribution in [3.63, 3.8) is 0 Å². The first-order valence-electron chi connectivity index (χ1n) is 5.16. The summed E-state index contributed by atoms with van der Waals surface area (Å²) in [7, 11) is 0. The number of hydrogen-bond acceptors (Lipinski definition) is 4. The first-order valence-corrected chi connectivity index (χ1v) is 7.19. The molecule has 0 aromatic heterocycles. The molecular weight excluding hydrogens is 224 g/mol. The first kappa shape index (κ1) is 12.7. The molecular formula is C11H16N2S2. The van der Waals surface area contributed by atoms with Crippen molar-refractivity contribution in [2.75, 3.05) is 11.6 Å². The largest absolute Gasteiger partial charge is 0.277 e. The summed E-state index contributed by atoms with van der Waals surface area (Å²) in [5.41, 5.74) is 0.496. The highest BCUT2D eigenvalue weighted by Crippen LogP contribution is 2.33. The van der Waals surface area contributed by atoms with Gasteiger partial charge in [0.1, 0.15) is 11.1 Å². The van der Waals surface area contributed by atoms with E-state index in [2.05, 4.69) is 17.6 Å². The second-order valence-electron chi connectivity index (χ2n) is 3.35. The topological polar surface area (TPSA) is 36.1 Å². The minimum Gasteiger partial charge on any atom is -0.277 e. The van der Waals surface area contributed by atoms with Crippen molar-refractivity contribution >= 4 is 28.6 Å². The van der Waals surface area contributed by atoms with Gasteiger partial charge in [0.25, 0.3) is 0 Å². The van der Waals surface area contributed by atoms with E-state index < -0.39 is 0 Å². The van der Waals surface area contributed by atoms with Crippen LogP contribution in [0.25, 0.3) is 0 Å². The van der Waals surface area contributed by atoms with Crippen LogP contribution >= 0.6 is 23.5 Å². The number of nitriles is 1. The summed E-state index contributed by atoms with van der Waals surface area (Å²) in [6.45, 7) is 6.40. The Morgan fingerprint density at radius 3 is 2.80 bits per heavy atom. The van der Waals surface area contributed by atoms with Gasteiger partial charge < -0.3 is 0 Å². The van der Waals surface area contributed by atoms with Crippen molar-refractivity contribution in [1.29, 1.82) is 5.26 Å². The Labute approximate surface area is 100 Å². The minimum absolute atomic E-state index is 0.496. The molecule has 1 fully saturated rings. The smallest absolute Gasteiger partial charge is 0.108 e.